The minimum absolute atomic E-state index is 0.00347. The quantitative estimate of drug-likeness (QED) is 0.908. The van der Waals surface area contributed by atoms with Crippen LogP contribution in [0.4, 0.5) is 5.82 Å². The van der Waals surface area contributed by atoms with E-state index in [9.17, 15) is 4.79 Å². The van der Waals surface area contributed by atoms with Gasteiger partial charge in [-0.3, -0.25) is 9.89 Å². The normalized spacial score (nSPS) is 21.4. The number of aromatic nitrogens is 2. The highest BCUT2D eigenvalue weighted by Crippen LogP contribution is 2.48. The van der Waals surface area contributed by atoms with E-state index >= 15 is 0 Å². The zero-order valence-electron chi connectivity index (χ0n) is 10.4. The molecular formula is C13H14BrN3O2. The van der Waals surface area contributed by atoms with Crippen LogP contribution in [-0.4, -0.2) is 16.1 Å². The first kappa shape index (κ1) is 12.5. The molecule has 0 unspecified atom stereocenters. The maximum Gasteiger partial charge on any atom is 0.229 e. The van der Waals surface area contributed by atoms with Crippen molar-refractivity contribution in [3.05, 3.63) is 34.3 Å². The van der Waals surface area contributed by atoms with Crippen LogP contribution in [0.25, 0.3) is 0 Å². The molecule has 2 N–H and O–H groups in total. The Balaban J connectivity index is 1.65. The summed E-state index contributed by atoms with van der Waals surface area (Å²) in [6, 6.07) is 3.76. The number of furan rings is 1. The summed E-state index contributed by atoms with van der Waals surface area (Å²) in [7, 11) is 0. The third kappa shape index (κ3) is 2.32. The van der Waals surface area contributed by atoms with Gasteiger partial charge in [0.1, 0.15) is 5.76 Å². The molecule has 0 bridgehead atoms. The lowest BCUT2D eigenvalue weighted by molar-refractivity contribution is -0.117. The number of H-pyrrole nitrogens is 1. The summed E-state index contributed by atoms with van der Waals surface area (Å²) in [5.41, 5.74) is 0.980. The molecule has 6 heteroatoms. The third-order valence-corrected chi connectivity index (χ3v) is 4.26. The van der Waals surface area contributed by atoms with E-state index in [0.29, 0.717) is 5.82 Å². The van der Waals surface area contributed by atoms with Crippen molar-refractivity contribution in [2.24, 2.45) is 5.92 Å². The molecule has 0 aromatic carbocycles. The lowest BCUT2D eigenvalue weighted by Gasteiger charge is -2.01. The Morgan fingerprint density at radius 1 is 1.68 bits per heavy atom. The summed E-state index contributed by atoms with van der Waals surface area (Å²) >= 11 is 3.44. The van der Waals surface area contributed by atoms with Gasteiger partial charge < -0.3 is 9.73 Å². The molecule has 1 fully saturated rings. The van der Waals surface area contributed by atoms with Crippen LogP contribution in [0.15, 0.2) is 27.3 Å². The fourth-order valence-corrected chi connectivity index (χ4v) is 2.75. The van der Waals surface area contributed by atoms with Crippen molar-refractivity contribution >= 4 is 27.7 Å². The molecule has 0 saturated heterocycles. The Morgan fingerprint density at radius 3 is 3.16 bits per heavy atom. The van der Waals surface area contributed by atoms with Gasteiger partial charge in [0.25, 0.3) is 0 Å². The van der Waals surface area contributed by atoms with Crippen molar-refractivity contribution in [1.29, 1.82) is 0 Å². The van der Waals surface area contributed by atoms with E-state index in [1.807, 2.05) is 19.1 Å². The number of nitrogens with zero attached hydrogens (tertiary/aromatic N) is 1. The van der Waals surface area contributed by atoms with Gasteiger partial charge in [-0.2, -0.15) is 5.10 Å². The van der Waals surface area contributed by atoms with Crippen LogP contribution in [0.3, 0.4) is 0 Å². The molecule has 0 radical (unpaired) electrons. The average molecular weight is 324 g/mol. The third-order valence-electron chi connectivity index (χ3n) is 3.41. The first-order valence-corrected chi connectivity index (χ1v) is 7.07. The molecule has 1 amide bonds. The van der Waals surface area contributed by atoms with E-state index in [1.165, 1.54) is 0 Å². The Hall–Kier alpha value is -1.56. The molecular weight excluding hydrogens is 310 g/mol. The molecule has 100 valence electrons. The standard InChI is InChI=1S/C13H14BrN3O2/c1-2-9-11(14)12(17-16-9)15-13(18)8-6-7(8)10-4-3-5-19-10/h3-5,7-8H,2,6H2,1H3,(H2,15,16,17,18)/t7-,8+/m1/s1. The summed E-state index contributed by atoms with van der Waals surface area (Å²) in [5, 5.41) is 9.84. The Labute approximate surface area is 118 Å². The molecule has 2 aromatic heterocycles. The van der Waals surface area contributed by atoms with Crippen molar-refractivity contribution in [2.45, 2.75) is 25.7 Å². The molecule has 2 heterocycles. The first-order chi connectivity index (χ1) is 9.20. The number of rotatable bonds is 4. The maximum atomic E-state index is 12.1. The fraction of sp³-hybridized carbons (Fsp3) is 0.385. The van der Waals surface area contributed by atoms with Gasteiger partial charge in [-0.1, -0.05) is 6.92 Å². The van der Waals surface area contributed by atoms with Crippen LogP contribution in [0.2, 0.25) is 0 Å². The summed E-state index contributed by atoms with van der Waals surface area (Å²) in [5.74, 6) is 1.64. The monoisotopic (exact) mass is 323 g/mol. The van der Waals surface area contributed by atoms with Crippen LogP contribution in [-0.2, 0) is 11.2 Å². The van der Waals surface area contributed by atoms with Crippen molar-refractivity contribution in [3.8, 4) is 0 Å². The zero-order chi connectivity index (χ0) is 13.4. The first-order valence-electron chi connectivity index (χ1n) is 6.27. The second-order valence-corrected chi connectivity index (χ2v) is 5.46. The number of amides is 1. The fourth-order valence-electron chi connectivity index (χ4n) is 2.19. The van der Waals surface area contributed by atoms with Gasteiger partial charge in [-0.15, -0.1) is 0 Å². The highest BCUT2D eigenvalue weighted by molar-refractivity contribution is 9.10. The van der Waals surface area contributed by atoms with E-state index in [0.717, 1.165) is 28.8 Å². The van der Waals surface area contributed by atoms with Gasteiger partial charge in [0, 0.05) is 11.8 Å². The second kappa shape index (κ2) is 4.85. The second-order valence-electron chi connectivity index (χ2n) is 4.67. The van der Waals surface area contributed by atoms with Gasteiger partial charge in [0.2, 0.25) is 5.91 Å². The molecule has 0 spiro atoms. The van der Waals surface area contributed by atoms with E-state index in [4.69, 9.17) is 4.42 Å². The Bertz CT molecular complexity index is 591. The summed E-state index contributed by atoms with van der Waals surface area (Å²) < 4.78 is 6.15. The van der Waals surface area contributed by atoms with Crippen LogP contribution in [0.5, 0.6) is 0 Å². The Kier molecular flexibility index (Phi) is 3.18. The van der Waals surface area contributed by atoms with Gasteiger partial charge >= 0.3 is 0 Å². The highest BCUT2D eigenvalue weighted by atomic mass is 79.9. The topological polar surface area (TPSA) is 70.9 Å². The van der Waals surface area contributed by atoms with Crippen molar-refractivity contribution in [1.82, 2.24) is 10.2 Å². The van der Waals surface area contributed by atoms with Crippen LogP contribution >= 0.6 is 15.9 Å². The van der Waals surface area contributed by atoms with E-state index in [2.05, 4.69) is 31.4 Å². The van der Waals surface area contributed by atoms with E-state index < -0.39 is 0 Å². The molecule has 2 atom stereocenters. The number of hydrogen-bond acceptors (Lipinski definition) is 3. The maximum absolute atomic E-state index is 12.1. The molecule has 0 aliphatic heterocycles. The molecule has 1 saturated carbocycles. The average Bonchev–Trinajstić information content (AvgIpc) is 2.87. The number of carbonyl (C=O) groups excluding carboxylic acids is 1. The minimum atomic E-state index is -0.0140. The van der Waals surface area contributed by atoms with Crippen molar-refractivity contribution < 1.29 is 9.21 Å². The lowest BCUT2D eigenvalue weighted by atomic mass is 10.2. The highest BCUT2D eigenvalue weighted by Gasteiger charge is 2.46. The SMILES string of the molecule is CCc1[nH]nc(NC(=O)[C@H]2C[C@H]2c2ccco2)c1Br. The molecule has 1 aliphatic carbocycles. The summed E-state index contributed by atoms with van der Waals surface area (Å²) in [6.45, 7) is 2.03. The number of aryl methyl sites for hydroxylation is 1. The van der Waals surface area contributed by atoms with Gasteiger partial charge in [-0.25, -0.2) is 0 Å². The predicted octanol–water partition coefficient (Wildman–Crippen LogP) is 3.07. The number of nitrogens with one attached hydrogen (secondary N) is 2. The number of anilines is 1. The van der Waals surface area contributed by atoms with E-state index in [1.54, 1.807) is 6.26 Å². The van der Waals surface area contributed by atoms with Crippen molar-refractivity contribution in [3.63, 3.8) is 0 Å². The smallest absolute Gasteiger partial charge is 0.229 e. The van der Waals surface area contributed by atoms with E-state index in [-0.39, 0.29) is 17.7 Å². The van der Waals surface area contributed by atoms with Crippen molar-refractivity contribution in [2.75, 3.05) is 5.32 Å². The van der Waals surface area contributed by atoms with Crippen LogP contribution < -0.4 is 5.32 Å². The van der Waals surface area contributed by atoms with Crippen LogP contribution in [0.1, 0.15) is 30.7 Å². The molecule has 19 heavy (non-hydrogen) atoms. The molecule has 2 aromatic rings. The summed E-state index contributed by atoms with van der Waals surface area (Å²) in [6.07, 6.45) is 3.31. The summed E-state index contributed by atoms with van der Waals surface area (Å²) in [4.78, 5) is 12.1. The molecule has 1 aliphatic rings. The van der Waals surface area contributed by atoms with Gasteiger partial charge in [-0.05, 0) is 40.9 Å². The minimum Gasteiger partial charge on any atom is -0.469 e. The van der Waals surface area contributed by atoms with Crippen LogP contribution in [0, 0.1) is 5.92 Å². The molecule has 5 nitrogen and oxygen atoms in total. The predicted molar refractivity (Wildman–Crippen MR) is 73.9 cm³/mol. The number of carbonyl (C=O) groups is 1. The number of halogens is 1. The zero-order valence-corrected chi connectivity index (χ0v) is 12.0. The van der Waals surface area contributed by atoms with Gasteiger partial charge in [0.05, 0.1) is 16.4 Å². The molecule has 3 rings (SSSR count). The van der Waals surface area contributed by atoms with Gasteiger partial charge in [0.15, 0.2) is 5.82 Å². The Morgan fingerprint density at radius 2 is 2.53 bits per heavy atom. The number of aromatic amines is 1. The lowest BCUT2D eigenvalue weighted by Crippen LogP contribution is -2.15. The number of hydrogen-bond donors (Lipinski definition) is 2. The largest absolute Gasteiger partial charge is 0.469 e.